The van der Waals surface area contributed by atoms with Crippen molar-refractivity contribution in [1.29, 1.82) is 0 Å². The summed E-state index contributed by atoms with van der Waals surface area (Å²) in [5.41, 5.74) is 1.79. The summed E-state index contributed by atoms with van der Waals surface area (Å²) in [4.78, 5) is 31.4. The molecule has 0 bridgehead atoms. The van der Waals surface area contributed by atoms with Gasteiger partial charge in [-0.05, 0) is 31.0 Å². The average molecular weight is 360 g/mol. The lowest BCUT2D eigenvalue weighted by molar-refractivity contribution is -0.137. The highest BCUT2D eigenvalue weighted by molar-refractivity contribution is 8.15. The normalized spacial score (nSPS) is 22.6. The van der Waals surface area contributed by atoms with Crippen LogP contribution in [0.4, 0.5) is 0 Å². The maximum absolute atomic E-state index is 12.9. The topological polar surface area (TPSA) is 68.2 Å². The minimum Gasteiger partial charge on any atom is -0.497 e. The molecule has 1 fully saturated rings. The number of hydrogen-bond acceptors (Lipinski definition) is 6. The smallest absolute Gasteiger partial charge is 0.338 e. The van der Waals surface area contributed by atoms with Gasteiger partial charge in [0.2, 0.25) is 5.91 Å². The molecule has 6 nitrogen and oxygen atoms in total. The second-order valence-electron chi connectivity index (χ2n) is 5.78. The SMILES string of the molecule is CCC1SC2=NC(C)=C(C(=O)OC)C(c3ccc(OC)cc3)N2C1=O. The van der Waals surface area contributed by atoms with Gasteiger partial charge < -0.3 is 9.47 Å². The number of nitrogens with zero attached hydrogens (tertiary/aromatic N) is 2. The van der Waals surface area contributed by atoms with E-state index in [1.165, 1.54) is 18.9 Å². The van der Waals surface area contributed by atoms with E-state index < -0.39 is 12.0 Å². The quantitative estimate of drug-likeness (QED) is 0.772. The van der Waals surface area contributed by atoms with Crippen molar-refractivity contribution >= 4 is 28.8 Å². The van der Waals surface area contributed by atoms with Gasteiger partial charge in [-0.25, -0.2) is 9.79 Å². The van der Waals surface area contributed by atoms with Crippen molar-refractivity contribution in [2.24, 2.45) is 4.99 Å². The van der Waals surface area contributed by atoms with Crippen LogP contribution in [0.15, 0.2) is 40.5 Å². The molecule has 2 atom stereocenters. The van der Waals surface area contributed by atoms with E-state index in [0.29, 0.717) is 28.6 Å². The lowest BCUT2D eigenvalue weighted by atomic mass is 9.94. The van der Waals surface area contributed by atoms with Gasteiger partial charge in [0.05, 0.1) is 36.8 Å². The first-order valence-corrected chi connectivity index (χ1v) is 8.91. The number of esters is 1. The van der Waals surface area contributed by atoms with E-state index in [1.807, 2.05) is 31.2 Å². The zero-order chi connectivity index (χ0) is 18.1. The highest BCUT2D eigenvalue weighted by Crippen LogP contribution is 2.44. The number of amidine groups is 1. The van der Waals surface area contributed by atoms with E-state index in [9.17, 15) is 9.59 Å². The van der Waals surface area contributed by atoms with Crippen molar-refractivity contribution in [1.82, 2.24) is 4.90 Å². The van der Waals surface area contributed by atoms with Gasteiger partial charge >= 0.3 is 5.97 Å². The fourth-order valence-corrected chi connectivity index (χ4v) is 4.20. The molecular formula is C18H20N2O4S. The third kappa shape index (κ3) is 2.93. The van der Waals surface area contributed by atoms with Gasteiger partial charge in [-0.3, -0.25) is 9.69 Å². The number of amides is 1. The first kappa shape index (κ1) is 17.5. The maximum atomic E-state index is 12.9. The Bertz CT molecular complexity index is 770. The van der Waals surface area contributed by atoms with Gasteiger partial charge in [-0.1, -0.05) is 30.8 Å². The molecular weight excluding hydrogens is 340 g/mol. The molecule has 2 aliphatic rings. The Balaban J connectivity index is 2.12. The highest BCUT2D eigenvalue weighted by Gasteiger charge is 2.47. The third-order valence-corrected chi connectivity index (χ3v) is 5.68. The minimum atomic E-state index is -0.539. The fraction of sp³-hybridized carbons (Fsp3) is 0.389. The van der Waals surface area contributed by atoms with Crippen LogP contribution in [0, 0.1) is 0 Å². The molecule has 0 saturated carbocycles. The standard InChI is InChI=1S/C18H20N2O4S/c1-5-13-16(21)20-15(11-6-8-12(23-3)9-7-11)14(17(22)24-4)10(2)19-18(20)25-13/h6-9,13,15H,5H2,1-4H3. The minimum absolute atomic E-state index is 0.0269. The number of allylic oxidation sites excluding steroid dienone is 1. The van der Waals surface area contributed by atoms with Crippen LogP contribution < -0.4 is 4.74 Å². The van der Waals surface area contributed by atoms with E-state index in [1.54, 1.807) is 18.9 Å². The molecule has 1 aromatic rings. The Morgan fingerprint density at radius 2 is 1.96 bits per heavy atom. The lowest BCUT2D eigenvalue weighted by Crippen LogP contribution is -2.40. The Labute approximate surface area is 150 Å². The molecule has 3 rings (SSSR count). The molecule has 7 heteroatoms. The molecule has 0 radical (unpaired) electrons. The second-order valence-corrected chi connectivity index (χ2v) is 6.95. The number of carbonyl (C=O) groups excluding carboxylic acids is 2. The van der Waals surface area contributed by atoms with E-state index in [-0.39, 0.29) is 11.2 Å². The second kappa shape index (κ2) is 6.92. The average Bonchev–Trinajstić information content (AvgIpc) is 2.95. The number of hydrogen-bond donors (Lipinski definition) is 0. The summed E-state index contributed by atoms with van der Waals surface area (Å²) < 4.78 is 10.2. The van der Waals surface area contributed by atoms with Gasteiger partial charge in [0.1, 0.15) is 5.75 Å². The van der Waals surface area contributed by atoms with E-state index in [2.05, 4.69) is 4.99 Å². The number of ether oxygens (including phenoxy) is 2. The van der Waals surface area contributed by atoms with Crippen LogP contribution in [0.5, 0.6) is 5.75 Å². The zero-order valence-electron chi connectivity index (χ0n) is 14.6. The molecule has 132 valence electrons. The number of benzene rings is 1. The predicted octanol–water partition coefficient (Wildman–Crippen LogP) is 2.91. The lowest BCUT2D eigenvalue weighted by Gasteiger charge is -2.32. The summed E-state index contributed by atoms with van der Waals surface area (Å²) >= 11 is 1.45. The van der Waals surface area contributed by atoms with Gasteiger partial charge in [0, 0.05) is 0 Å². The zero-order valence-corrected chi connectivity index (χ0v) is 15.4. The number of aliphatic imine (C=N–C) groups is 1. The van der Waals surface area contributed by atoms with Crippen LogP contribution in [0.2, 0.25) is 0 Å². The largest absolute Gasteiger partial charge is 0.497 e. The molecule has 0 N–H and O–H groups in total. The number of fused-ring (bicyclic) bond motifs is 1. The number of thioether (sulfide) groups is 1. The van der Waals surface area contributed by atoms with Crippen molar-refractivity contribution in [3.8, 4) is 5.75 Å². The molecule has 1 saturated heterocycles. The molecule has 0 aliphatic carbocycles. The fourth-order valence-electron chi connectivity index (χ4n) is 3.06. The van der Waals surface area contributed by atoms with Gasteiger partial charge in [-0.15, -0.1) is 0 Å². The van der Waals surface area contributed by atoms with Crippen molar-refractivity contribution in [3.05, 3.63) is 41.1 Å². The summed E-state index contributed by atoms with van der Waals surface area (Å²) in [6.07, 6.45) is 0.709. The first-order chi connectivity index (χ1) is 12.0. The van der Waals surface area contributed by atoms with E-state index >= 15 is 0 Å². The van der Waals surface area contributed by atoms with Crippen LogP contribution in [0.1, 0.15) is 31.9 Å². The van der Waals surface area contributed by atoms with E-state index in [4.69, 9.17) is 9.47 Å². The summed E-state index contributed by atoms with van der Waals surface area (Å²) in [6, 6.07) is 6.81. The first-order valence-electron chi connectivity index (χ1n) is 8.03. The molecule has 2 heterocycles. The van der Waals surface area contributed by atoms with Crippen molar-refractivity contribution in [2.45, 2.75) is 31.6 Å². The number of methoxy groups -OCH3 is 2. The monoisotopic (exact) mass is 360 g/mol. The van der Waals surface area contributed by atoms with Crippen LogP contribution in [0.3, 0.4) is 0 Å². The molecule has 1 aromatic carbocycles. The molecule has 2 unspecified atom stereocenters. The Morgan fingerprint density at radius 1 is 1.28 bits per heavy atom. The van der Waals surface area contributed by atoms with Crippen LogP contribution in [0.25, 0.3) is 0 Å². The third-order valence-electron chi connectivity index (χ3n) is 4.36. The number of rotatable bonds is 4. The predicted molar refractivity (Wildman–Crippen MR) is 96.4 cm³/mol. The van der Waals surface area contributed by atoms with Crippen LogP contribution in [-0.4, -0.2) is 41.4 Å². The van der Waals surface area contributed by atoms with Crippen molar-refractivity contribution < 1.29 is 19.1 Å². The Hall–Kier alpha value is -2.28. The van der Waals surface area contributed by atoms with Gasteiger partial charge in [0.25, 0.3) is 0 Å². The summed E-state index contributed by atoms with van der Waals surface area (Å²) in [5.74, 6) is 0.210. The molecule has 2 aliphatic heterocycles. The summed E-state index contributed by atoms with van der Waals surface area (Å²) in [6.45, 7) is 3.75. The Kier molecular flexibility index (Phi) is 4.85. The Morgan fingerprint density at radius 3 is 2.52 bits per heavy atom. The highest BCUT2D eigenvalue weighted by atomic mass is 32.2. The maximum Gasteiger partial charge on any atom is 0.338 e. The van der Waals surface area contributed by atoms with Gasteiger partial charge in [0.15, 0.2) is 5.17 Å². The molecule has 0 spiro atoms. The summed E-state index contributed by atoms with van der Waals surface area (Å²) in [7, 11) is 2.93. The molecule has 0 aromatic heterocycles. The van der Waals surface area contributed by atoms with Crippen LogP contribution >= 0.6 is 11.8 Å². The molecule has 1 amide bonds. The van der Waals surface area contributed by atoms with E-state index in [0.717, 1.165) is 5.56 Å². The van der Waals surface area contributed by atoms with Crippen molar-refractivity contribution in [3.63, 3.8) is 0 Å². The van der Waals surface area contributed by atoms with Crippen LogP contribution in [-0.2, 0) is 14.3 Å². The molecule has 25 heavy (non-hydrogen) atoms. The van der Waals surface area contributed by atoms with Gasteiger partial charge in [-0.2, -0.15) is 0 Å². The summed E-state index contributed by atoms with van der Waals surface area (Å²) in [5, 5.41) is 0.465. The van der Waals surface area contributed by atoms with Crippen molar-refractivity contribution in [2.75, 3.05) is 14.2 Å². The number of carbonyl (C=O) groups is 2.